The van der Waals surface area contributed by atoms with Crippen LogP contribution in [0.3, 0.4) is 0 Å². The number of para-hydroxylation sites is 1. The number of methoxy groups -OCH3 is 1. The zero-order chi connectivity index (χ0) is 28.0. The first-order valence-corrected chi connectivity index (χ1v) is 14.7. The van der Waals surface area contributed by atoms with Gasteiger partial charge in [0.15, 0.2) is 12.6 Å². The number of benzene rings is 1. The van der Waals surface area contributed by atoms with Gasteiger partial charge in [0.1, 0.15) is 11.4 Å². The van der Waals surface area contributed by atoms with Gasteiger partial charge in [-0.25, -0.2) is 4.98 Å². The normalized spacial score (nSPS) is 20.8. The standard InChI is InChI=1S/C32H39N7O2/c1-40-23-41-31-11-5-4-10-28(31)29-20-30(32(33)36-35-29)38-21-26-12-13-27(22-38)39(26)25-14-15-34-24(19-25)9-8-18-37-16-6-2-3-7-17-37/h4-5,10-11,14-15,19-20,26-27H,2-3,6-7,12-13,16-18,21-23H2,1H3,(H2,33,36). The van der Waals surface area contributed by atoms with E-state index in [0.29, 0.717) is 23.7 Å². The van der Waals surface area contributed by atoms with Crippen LogP contribution in [0.4, 0.5) is 17.2 Å². The number of ether oxygens (including phenoxy) is 2. The van der Waals surface area contributed by atoms with Crippen molar-refractivity contribution in [2.45, 2.75) is 50.6 Å². The van der Waals surface area contributed by atoms with Gasteiger partial charge < -0.3 is 25.0 Å². The van der Waals surface area contributed by atoms with Gasteiger partial charge in [-0.15, -0.1) is 10.2 Å². The van der Waals surface area contributed by atoms with E-state index in [-0.39, 0.29) is 6.79 Å². The fraction of sp³-hybridized carbons (Fsp3) is 0.469. The summed E-state index contributed by atoms with van der Waals surface area (Å²) in [6, 6.07) is 14.9. The molecule has 3 saturated heterocycles. The van der Waals surface area contributed by atoms with E-state index in [1.165, 1.54) is 31.4 Å². The van der Waals surface area contributed by atoms with Gasteiger partial charge in [-0.3, -0.25) is 4.90 Å². The predicted octanol–water partition coefficient (Wildman–Crippen LogP) is 4.19. The molecule has 0 radical (unpaired) electrons. The molecule has 0 spiro atoms. The van der Waals surface area contributed by atoms with Gasteiger partial charge >= 0.3 is 0 Å². The lowest BCUT2D eigenvalue weighted by atomic mass is 10.1. The number of nitrogens with two attached hydrogens (primary N) is 1. The van der Waals surface area contributed by atoms with E-state index in [0.717, 1.165) is 68.2 Å². The predicted molar refractivity (Wildman–Crippen MR) is 162 cm³/mol. The Morgan fingerprint density at radius 3 is 2.54 bits per heavy atom. The maximum absolute atomic E-state index is 6.40. The van der Waals surface area contributed by atoms with Crippen molar-refractivity contribution in [2.75, 3.05) is 62.2 Å². The number of fused-ring (bicyclic) bond motifs is 2. The van der Waals surface area contributed by atoms with E-state index in [2.05, 4.69) is 53.9 Å². The van der Waals surface area contributed by atoms with Crippen LogP contribution in [0.2, 0.25) is 0 Å². The third-order valence-corrected chi connectivity index (χ3v) is 8.38. The molecule has 214 valence electrons. The van der Waals surface area contributed by atoms with Gasteiger partial charge in [-0.2, -0.15) is 0 Å². The highest BCUT2D eigenvalue weighted by atomic mass is 16.7. The second-order valence-electron chi connectivity index (χ2n) is 11.1. The van der Waals surface area contributed by atoms with Crippen LogP contribution in [0.5, 0.6) is 5.75 Å². The molecule has 6 rings (SSSR count). The largest absolute Gasteiger partial charge is 0.467 e. The Balaban J connectivity index is 1.17. The van der Waals surface area contributed by atoms with Gasteiger partial charge in [-0.1, -0.05) is 30.9 Å². The molecule has 3 aliphatic rings. The molecule has 2 bridgehead atoms. The highest BCUT2D eigenvalue weighted by Crippen LogP contribution is 2.39. The van der Waals surface area contributed by atoms with Gasteiger partial charge in [0.25, 0.3) is 0 Å². The molecule has 3 fully saturated rings. The van der Waals surface area contributed by atoms with Gasteiger partial charge in [-0.05, 0) is 75.0 Å². The van der Waals surface area contributed by atoms with Gasteiger partial charge in [0.2, 0.25) is 0 Å². The fourth-order valence-electron chi connectivity index (χ4n) is 6.41. The topological polar surface area (TPSA) is 92.9 Å². The molecule has 3 aromatic rings. The molecular weight excluding hydrogens is 514 g/mol. The van der Waals surface area contributed by atoms with Crippen molar-refractivity contribution in [2.24, 2.45) is 0 Å². The van der Waals surface area contributed by atoms with Crippen LogP contribution in [0.25, 0.3) is 11.3 Å². The quantitative estimate of drug-likeness (QED) is 0.342. The smallest absolute Gasteiger partial charge is 0.188 e. The minimum Gasteiger partial charge on any atom is -0.467 e. The Labute approximate surface area is 242 Å². The Morgan fingerprint density at radius 1 is 0.976 bits per heavy atom. The summed E-state index contributed by atoms with van der Waals surface area (Å²) in [5, 5.41) is 8.74. The van der Waals surface area contributed by atoms with E-state index in [1.807, 2.05) is 36.5 Å². The number of piperazine rings is 1. The number of rotatable bonds is 7. The van der Waals surface area contributed by atoms with Crippen molar-refractivity contribution in [1.82, 2.24) is 20.1 Å². The first-order chi connectivity index (χ1) is 20.2. The van der Waals surface area contributed by atoms with Crippen LogP contribution in [0.1, 0.15) is 44.2 Å². The summed E-state index contributed by atoms with van der Waals surface area (Å²) in [6.07, 6.45) is 9.42. The molecule has 1 aromatic carbocycles. The minimum atomic E-state index is 0.165. The molecule has 0 saturated carbocycles. The number of hydrogen-bond acceptors (Lipinski definition) is 9. The van der Waals surface area contributed by atoms with Gasteiger partial charge in [0.05, 0.1) is 17.9 Å². The van der Waals surface area contributed by atoms with E-state index >= 15 is 0 Å². The summed E-state index contributed by atoms with van der Waals surface area (Å²) in [6.45, 7) is 5.03. The third-order valence-electron chi connectivity index (χ3n) is 8.38. The van der Waals surface area contributed by atoms with Crippen molar-refractivity contribution >= 4 is 17.2 Å². The molecule has 2 aromatic heterocycles. The molecule has 41 heavy (non-hydrogen) atoms. The zero-order valence-electron chi connectivity index (χ0n) is 23.8. The van der Waals surface area contributed by atoms with Crippen molar-refractivity contribution in [1.29, 1.82) is 0 Å². The number of likely N-dealkylation sites (tertiary alicyclic amines) is 1. The average molecular weight is 554 g/mol. The number of anilines is 3. The Bertz CT molecular complexity index is 1380. The summed E-state index contributed by atoms with van der Waals surface area (Å²) >= 11 is 0. The van der Waals surface area contributed by atoms with Crippen molar-refractivity contribution in [3.8, 4) is 28.8 Å². The second-order valence-corrected chi connectivity index (χ2v) is 11.1. The first kappa shape index (κ1) is 27.3. The van der Waals surface area contributed by atoms with Crippen LogP contribution in [-0.4, -0.2) is 78.8 Å². The molecule has 0 aliphatic carbocycles. The average Bonchev–Trinajstić information content (AvgIpc) is 3.15. The van der Waals surface area contributed by atoms with E-state index in [9.17, 15) is 0 Å². The monoisotopic (exact) mass is 553 g/mol. The molecular formula is C32H39N7O2. The van der Waals surface area contributed by atoms with Crippen LogP contribution in [-0.2, 0) is 4.74 Å². The zero-order valence-corrected chi connectivity index (χ0v) is 23.8. The lowest BCUT2D eigenvalue weighted by molar-refractivity contribution is 0.0515. The molecule has 9 nitrogen and oxygen atoms in total. The summed E-state index contributed by atoms with van der Waals surface area (Å²) in [5.74, 6) is 7.86. The van der Waals surface area contributed by atoms with Crippen molar-refractivity contribution in [3.05, 3.63) is 54.4 Å². The maximum Gasteiger partial charge on any atom is 0.188 e. The van der Waals surface area contributed by atoms with E-state index in [4.69, 9.17) is 15.2 Å². The van der Waals surface area contributed by atoms with Crippen molar-refractivity contribution < 1.29 is 9.47 Å². The number of nitrogen functional groups attached to an aromatic ring is 1. The minimum absolute atomic E-state index is 0.165. The molecule has 9 heteroatoms. The summed E-state index contributed by atoms with van der Waals surface area (Å²) < 4.78 is 10.9. The van der Waals surface area contributed by atoms with Gasteiger partial charge in [0, 0.05) is 49.7 Å². The Morgan fingerprint density at radius 2 is 1.76 bits per heavy atom. The van der Waals surface area contributed by atoms with E-state index in [1.54, 1.807) is 7.11 Å². The molecule has 2 N–H and O–H groups in total. The number of nitrogens with zero attached hydrogens (tertiary/aromatic N) is 6. The maximum atomic E-state index is 6.40. The number of pyridine rings is 1. The Kier molecular flexibility index (Phi) is 8.49. The third kappa shape index (κ3) is 6.24. The first-order valence-electron chi connectivity index (χ1n) is 14.7. The molecule has 2 atom stereocenters. The Hall–Kier alpha value is -3.87. The van der Waals surface area contributed by atoms with Crippen LogP contribution < -0.4 is 20.3 Å². The van der Waals surface area contributed by atoms with Crippen molar-refractivity contribution in [3.63, 3.8) is 0 Å². The highest BCUT2D eigenvalue weighted by molar-refractivity contribution is 5.74. The second kappa shape index (κ2) is 12.8. The molecule has 5 heterocycles. The summed E-state index contributed by atoms with van der Waals surface area (Å²) in [5.41, 5.74) is 11.0. The molecule has 3 aliphatic heterocycles. The van der Waals surface area contributed by atoms with E-state index < -0.39 is 0 Å². The number of aromatic nitrogens is 3. The van der Waals surface area contributed by atoms with Crippen LogP contribution >= 0.6 is 0 Å². The molecule has 2 unspecified atom stereocenters. The number of hydrogen-bond donors (Lipinski definition) is 1. The lowest BCUT2D eigenvalue weighted by Crippen LogP contribution is -2.54. The van der Waals surface area contributed by atoms with Crippen LogP contribution in [0.15, 0.2) is 48.7 Å². The fourth-order valence-corrected chi connectivity index (χ4v) is 6.41. The summed E-state index contributed by atoms with van der Waals surface area (Å²) in [4.78, 5) is 12.0. The molecule has 0 amide bonds. The SMILES string of the molecule is COCOc1ccccc1-c1cc(N2CC3CCC(C2)N3c2ccnc(C#CCN3CCCCCC3)c2)c(N)nn1. The highest BCUT2D eigenvalue weighted by Gasteiger charge is 2.40. The summed E-state index contributed by atoms with van der Waals surface area (Å²) in [7, 11) is 1.61. The lowest BCUT2D eigenvalue weighted by Gasteiger charge is -2.43. The van der Waals surface area contributed by atoms with Crippen LogP contribution in [0, 0.1) is 11.8 Å².